The normalized spacial score (nSPS) is 33.2. The third-order valence-electron chi connectivity index (χ3n) is 3.13. The molecule has 3 atom stereocenters. The summed E-state index contributed by atoms with van der Waals surface area (Å²) in [5.41, 5.74) is 1.10. The molecule has 0 aliphatic heterocycles. The molecule has 1 heterocycles. The van der Waals surface area contributed by atoms with E-state index in [1.165, 1.54) is 6.42 Å². The number of alkyl halides is 1. The van der Waals surface area contributed by atoms with Crippen LogP contribution in [-0.4, -0.2) is 20.4 Å². The number of aryl methyl sites for hydroxylation is 1. The van der Waals surface area contributed by atoms with Gasteiger partial charge in [-0.15, -0.1) is 16.7 Å². The fraction of sp³-hybridized carbons (Fsp3) is 0.800. The molecule has 3 nitrogen and oxygen atoms in total. The minimum absolute atomic E-state index is 0.318. The van der Waals surface area contributed by atoms with Crippen molar-refractivity contribution in [2.45, 2.75) is 37.5 Å². The van der Waals surface area contributed by atoms with E-state index >= 15 is 0 Å². The van der Waals surface area contributed by atoms with Gasteiger partial charge in [-0.25, -0.2) is 0 Å². The third-order valence-corrected chi connectivity index (χ3v) is 3.53. The Kier molecular flexibility index (Phi) is 2.77. The largest absolute Gasteiger partial charge is 0.255 e. The molecule has 78 valence electrons. The maximum Gasteiger partial charge on any atom is 0.0861 e. The highest BCUT2D eigenvalue weighted by Crippen LogP contribution is 2.38. The summed E-state index contributed by atoms with van der Waals surface area (Å²) in [5.74, 6) is 1.18. The molecule has 1 aromatic rings. The van der Waals surface area contributed by atoms with E-state index < -0.39 is 0 Å². The quantitative estimate of drug-likeness (QED) is 0.671. The van der Waals surface area contributed by atoms with E-state index in [0.717, 1.165) is 18.5 Å². The topological polar surface area (TPSA) is 30.7 Å². The summed E-state index contributed by atoms with van der Waals surface area (Å²) in [5, 5.41) is 8.47. The first-order chi connectivity index (χ1) is 6.66. The van der Waals surface area contributed by atoms with Crippen LogP contribution in [0.15, 0.2) is 6.20 Å². The van der Waals surface area contributed by atoms with Gasteiger partial charge in [-0.1, -0.05) is 12.1 Å². The summed E-state index contributed by atoms with van der Waals surface area (Å²) >= 11 is 6.18. The molecule has 0 saturated heterocycles. The first kappa shape index (κ1) is 9.97. The SMILES string of the molecule is CC1CCC(Cl)CC1c1cn(C)nn1. The Balaban J connectivity index is 2.15. The van der Waals surface area contributed by atoms with Crippen LogP contribution in [0.1, 0.15) is 37.8 Å². The fourth-order valence-corrected chi connectivity index (χ4v) is 2.54. The molecule has 0 spiro atoms. The van der Waals surface area contributed by atoms with Gasteiger partial charge in [-0.2, -0.15) is 0 Å². The minimum atomic E-state index is 0.318. The predicted octanol–water partition coefficient (Wildman–Crippen LogP) is 2.33. The molecule has 1 saturated carbocycles. The summed E-state index contributed by atoms with van der Waals surface area (Å²) in [7, 11) is 1.90. The van der Waals surface area contributed by atoms with Gasteiger partial charge >= 0.3 is 0 Å². The van der Waals surface area contributed by atoms with Crippen molar-refractivity contribution in [3.63, 3.8) is 0 Å². The number of hydrogen-bond donors (Lipinski definition) is 0. The van der Waals surface area contributed by atoms with Crippen LogP contribution >= 0.6 is 11.6 Å². The van der Waals surface area contributed by atoms with Crippen molar-refractivity contribution < 1.29 is 0 Å². The summed E-state index contributed by atoms with van der Waals surface area (Å²) in [4.78, 5) is 0. The van der Waals surface area contributed by atoms with Crippen LogP contribution in [0.5, 0.6) is 0 Å². The van der Waals surface area contributed by atoms with Crippen LogP contribution < -0.4 is 0 Å². The van der Waals surface area contributed by atoms with E-state index in [0.29, 0.717) is 17.2 Å². The molecule has 0 bridgehead atoms. The van der Waals surface area contributed by atoms with Crippen molar-refractivity contribution >= 4 is 11.6 Å². The standard InChI is InChI=1S/C10H16ClN3/c1-7-3-4-8(11)5-9(7)10-6-14(2)13-12-10/h6-9H,3-5H2,1-2H3. The number of rotatable bonds is 1. The Morgan fingerprint density at radius 1 is 1.50 bits per heavy atom. The van der Waals surface area contributed by atoms with E-state index in [-0.39, 0.29) is 0 Å². The van der Waals surface area contributed by atoms with Crippen LogP contribution in [0.3, 0.4) is 0 Å². The van der Waals surface area contributed by atoms with Crippen LogP contribution in [0.25, 0.3) is 0 Å². The van der Waals surface area contributed by atoms with E-state index in [1.807, 2.05) is 13.2 Å². The second-order valence-corrected chi connectivity index (χ2v) is 4.93. The summed E-state index contributed by atoms with van der Waals surface area (Å²) in [6.45, 7) is 2.28. The first-order valence-electron chi connectivity index (χ1n) is 5.17. The van der Waals surface area contributed by atoms with Gasteiger partial charge in [-0.05, 0) is 25.2 Å². The lowest BCUT2D eigenvalue weighted by atomic mass is 9.78. The zero-order valence-corrected chi connectivity index (χ0v) is 9.41. The van der Waals surface area contributed by atoms with Crippen molar-refractivity contribution in [1.29, 1.82) is 0 Å². The maximum absolute atomic E-state index is 6.18. The molecule has 3 unspecified atom stereocenters. The minimum Gasteiger partial charge on any atom is -0.255 e. The predicted molar refractivity (Wildman–Crippen MR) is 56.4 cm³/mol. The highest BCUT2D eigenvalue weighted by Gasteiger charge is 2.29. The van der Waals surface area contributed by atoms with Crippen LogP contribution in [-0.2, 0) is 7.05 Å². The van der Waals surface area contributed by atoms with Crippen molar-refractivity contribution in [3.05, 3.63) is 11.9 Å². The van der Waals surface area contributed by atoms with Crippen LogP contribution in [0.2, 0.25) is 0 Å². The molecular weight excluding hydrogens is 198 g/mol. The second kappa shape index (κ2) is 3.89. The van der Waals surface area contributed by atoms with Crippen LogP contribution in [0.4, 0.5) is 0 Å². The summed E-state index contributed by atoms with van der Waals surface area (Å²) in [6.07, 6.45) is 5.40. The third kappa shape index (κ3) is 1.92. The zero-order valence-electron chi connectivity index (χ0n) is 8.65. The smallest absolute Gasteiger partial charge is 0.0861 e. The van der Waals surface area contributed by atoms with E-state index in [2.05, 4.69) is 17.2 Å². The lowest BCUT2D eigenvalue weighted by Gasteiger charge is -2.29. The van der Waals surface area contributed by atoms with Crippen molar-refractivity contribution in [3.8, 4) is 0 Å². The highest BCUT2D eigenvalue weighted by atomic mass is 35.5. The first-order valence-corrected chi connectivity index (χ1v) is 5.60. The highest BCUT2D eigenvalue weighted by molar-refractivity contribution is 6.20. The van der Waals surface area contributed by atoms with Gasteiger partial charge in [0, 0.05) is 24.5 Å². The molecule has 1 fully saturated rings. The van der Waals surface area contributed by atoms with Gasteiger partial charge in [-0.3, -0.25) is 4.68 Å². The van der Waals surface area contributed by atoms with Gasteiger partial charge in [0.15, 0.2) is 0 Å². The number of aromatic nitrogens is 3. The number of nitrogens with zero attached hydrogens (tertiary/aromatic N) is 3. The molecular formula is C10H16ClN3. The average molecular weight is 214 g/mol. The van der Waals surface area contributed by atoms with Gasteiger partial charge in [0.05, 0.1) is 5.69 Å². The van der Waals surface area contributed by atoms with Crippen LogP contribution in [0, 0.1) is 5.92 Å². The Hall–Kier alpha value is -0.570. The van der Waals surface area contributed by atoms with Crippen molar-refractivity contribution in [2.75, 3.05) is 0 Å². The molecule has 0 radical (unpaired) electrons. The summed E-state index contributed by atoms with van der Waals surface area (Å²) in [6, 6.07) is 0. The van der Waals surface area contributed by atoms with Crippen molar-refractivity contribution in [2.24, 2.45) is 13.0 Å². The fourth-order valence-electron chi connectivity index (χ4n) is 2.22. The maximum atomic E-state index is 6.18. The molecule has 0 aromatic carbocycles. The van der Waals surface area contributed by atoms with E-state index in [1.54, 1.807) is 4.68 Å². The summed E-state index contributed by atoms with van der Waals surface area (Å²) < 4.78 is 1.76. The van der Waals surface area contributed by atoms with Gasteiger partial charge in [0.2, 0.25) is 0 Å². The zero-order chi connectivity index (χ0) is 10.1. The number of hydrogen-bond acceptors (Lipinski definition) is 2. The molecule has 1 aliphatic rings. The molecule has 2 rings (SSSR count). The van der Waals surface area contributed by atoms with Crippen molar-refractivity contribution in [1.82, 2.24) is 15.0 Å². The Labute approximate surface area is 89.4 Å². The molecule has 0 amide bonds. The lowest BCUT2D eigenvalue weighted by molar-refractivity contribution is 0.329. The van der Waals surface area contributed by atoms with E-state index in [9.17, 15) is 0 Å². The lowest BCUT2D eigenvalue weighted by Crippen LogP contribution is -2.22. The average Bonchev–Trinajstić information content (AvgIpc) is 2.56. The second-order valence-electron chi connectivity index (χ2n) is 4.31. The molecule has 1 aromatic heterocycles. The van der Waals surface area contributed by atoms with Gasteiger partial charge in [0.25, 0.3) is 0 Å². The molecule has 0 N–H and O–H groups in total. The van der Waals surface area contributed by atoms with Gasteiger partial charge in [0.1, 0.15) is 0 Å². The monoisotopic (exact) mass is 213 g/mol. The Morgan fingerprint density at radius 2 is 2.29 bits per heavy atom. The molecule has 1 aliphatic carbocycles. The van der Waals surface area contributed by atoms with Gasteiger partial charge < -0.3 is 0 Å². The van der Waals surface area contributed by atoms with E-state index in [4.69, 9.17) is 11.6 Å². The Bertz CT molecular complexity index is 310. The molecule has 14 heavy (non-hydrogen) atoms. The number of halogens is 1. The molecule has 4 heteroatoms. The Morgan fingerprint density at radius 3 is 2.93 bits per heavy atom.